The fourth-order valence-electron chi connectivity index (χ4n) is 3.52. The standard InChI is InChI=1S/C22H26FN3O4S/c1-25(15-17-6-3-2-4-7-17)21(27)14-24-22(28)18-8-5-13-26(16-18)31(29,30)20-11-9-19(23)10-12-20/h2-4,6-7,9-12,18H,5,8,13-16H2,1H3,(H,24,28)/t18-/m0/s1. The number of likely N-dealkylation sites (N-methyl/N-ethyl adjacent to an activating group) is 1. The summed E-state index contributed by atoms with van der Waals surface area (Å²) in [5.41, 5.74) is 0.985. The fourth-order valence-corrected chi connectivity index (χ4v) is 5.04. The lowest BCUT2D eigenvalue weighted by molar-refractivity contribution is -0.133. The minimum atomic E-state index is -3.81. The van der Waals surface area contributed by atoms with Crippen LogP contribution in [0.3, 0.4) is 0 Å². The van der Waals surface area contributed by atoms with Crippen LogP contribution in [0.25, 0.3) is 0 Å². The average Bonchev–Trinajstić information content (AvgIpc) is 2.78. The second-order valence-corrected chi connectivity index (χ2v) is 9.55. The summed E-state index contributed by atoms with van der Waals surface area (Å²) in [5, 5.41) is 2.64. The number of amides is 2. The minimum absolute atomic E-state index is 0.00678. The number of nitrogens with one attached hydrogen (secondary N) is 1. The molecule has 1 aliphatic heterocycles. The Morgan fingerprint density at radius 3 is 2.48 bits per heavy atom. The monoisotopic (exact) mass is 447 g/mol. The molecular weight excluding hydrogens is 421 g/mol. The molecule has 0 saturated carbocycles. The summed E-state index contributed by atoms with van der Waals surface area (Å²) in [6.45, 7) is 0.605. The predicted molar refractivity (Wildman–Crippen MR) is 114 cm³/mol. The van der Waals surface area contributed by atoms with Crippen molar-refractivity contribution in [1.82, 2.24) is 14.5 Å². The summed E-state index contributed by atoms with van der Waals surface area (Å²) in [4.78, 5) is 26.5. The van der Waals surface area contributed by atoms with Crippen LogP contribution >= 0.6 is 0 Å². The van der Waals surface area contributed by atoms with E-state index < -0.39 is 21.8 Å². The lowest BCUT2D eigenvalue weighted by atomic mass is 9.99. The third-order valence-electron chi connectivity index (χ3n) is 5.31. The van der Waals surface area contributed by atoms with Gasteiger partial charge in [0.2, 0.25) is 21.8 Å². The summed E-state index contributed by atoms with van der Waals surface area (Å²) >= 11 is 0. The molecule has 0 aromatic heterocycles. The molecule has 1 N–H and O–H groups in total. The van der Waals surface area contributed by atoms with Crippen molar-refractivity contribution < 1.29 is 22.4 Å². The first-order valence-electron chi connectivity index (χ1n) is 10.1. The van der Waals surface area contributed by atoms with Gasteiger partial charge in [-0.05, 0) is 42.7 Å². The summed E-state index contributed by atoms with van der Waals surface area (Å²) in [5.74, 6) is -1.64. The van der Waals surface area contributed by atoms with Crippen LogP contribution in [0.1, 0.15) is 18.4 Å². The predicted octanol–water partition coefficient (Wildman–Crippen LogP) is 2.00. The molecule has 1 saturated heterocycles. The first-order valence-corrected chi connectivity index (χ1v) is 11.5. The van der Waals surface area contributed by atoms with Crippen LogP contribution in [0.2, 0.25) is 0 Å². The zero-order valence-electron chi connectivity index (χ0n) is 17.3. The molecule has 0 bridgehead atoms. The van der Waals surface area contributed by atoms with E-state index in [9.17, 15) is 22.4 Å². The van der Waals surface area contributed by atoms with Crippen LogP contribution in [0.4, 0.5) is 4.39 Å². The van der Waals surface area contributed by atoms with E-state index in [0.717, 1.165) is 17.7 Å². The molecule has 1 fully saturated rings. The Labute approximate surface area is 181 Å². The van der Waals surface area contributed by atoms with Gasteiger partial charge in [-0.1, -0.05) is 30.3 Å². The van der Waals surface area contributed by atoms with Gasteiger partial charge in [0.05, 0.1) is 17.4 Å². The number of benzene rings is 2. The van der Waals surface area contributed by atoms with Gasteiger partial charge in [0.25, 0.3) is 0 Å². The van der Waals surface area contributed by atoms with Crippen molar-refractivity contribution in [3.05, 3.63) is 66.0 Å². The van der Waals surface area contributed by atoms with Gasteiger partial charge in [-0.3, -0.25) is 9.59 Å². The molecular formula is C22H26FN3O4S. The van der Waals surface area contributed by atoms with Crippen molar-refractivity contribution in [2.75, 3.05) is 26.7 Å². The quantitative estimate of drug-likeness (QED) is 0.703. The zero-order chi connectivity index (χ0) is 22.4. The summed E-state index contributed by atoms with van der Waals surface area (Å²) in [7, 11) is -2.15. The van der Waals surface area contributed by atoms with E-state index >= 15 is 0 Å². The fraction of sp³-hybridized carbons (Fsp3) is 0.364. The molecule has 2 aromatic carbocycles. The highest BCUT2D eigenvalue weighted by molar-refractivity contribution is 7.89. The molecule has 9 heteroatoms. The second-order valence-electron chi connectivity index (χ2n) is 7.61. The molecule has 1 heterocycles. The highest BCUT2D eigenvalue weighted by Crippen LogP contribution is 2.24. The normalized spacial score (nSPS) is 17.2. The molecule has 2 amide bonds. The van der Waals surface area contributed by atoms with E-state index in [1.807, 2.05) is 30.3 Å². The smallest absolute Gasteiger partial charge is 0.243 e. The molecule has 0 aliphatic carbocycles. The first-order chi connectivity index (χ1) is 14.8. The van der Waals surface area contributed by atoms with Crippen molar-refractivity contribution in [2.45, 2.75) is 24.3 Å². The average molecular weight is 448 g/mol. The zero-order valence-corrected chi connectivity index (χ0v) is 18.1. The Kier molecular flexibility index (Phi) is 7.40. The molecule has 0 unspecified atom stereocenters. The molecule has 0 radical (unpaired) electrons. The molecule has 2 aromatic rings. The van der Waals surface area contributed by atoms with Crippen LogP contribution in [0.15, 0.2) is 59.5 Å². The van der Waals surface area contributed by atoms with Crippen molar-refractivity contribution in [3.8, 4) is 0 Å². The van der Waals surface area contributed by atoms with Crippen molar-refractivity contribution in [3.63, 3.8) is 0 Å². The van der Waals surface area contributed by atoms with Gasteiger partial charge in [-0.15, -0.1) is 0 Å². The van der Waals surface area contributed by atoms with Crippen LogP contribution in [-0.2, 0) is 26.2 Å². The van der Waals surface area contributed by atoms with E-state index in [0.29, 0.717) is 25.9 Å². The summed E-state index contributed by atoms with van der Waals surface area (Å²) in [6, 6.07) is 14.1. The van der Waals surface area contributed by atoms with Crippen LogP contribution in [0.5, 0.6) is 0 Å². The molecule has 0 spiro atoms. The third kappa shape index (κ3) is 5.89. The van der Waals surface area contributed by atoms with Gasteiger partial charge < -0.3 is 10.2 Å². The number of hydrogen-bond donors (Lipinski definition) is 1. The minimum Gasteiger partial charge on any atom is -0.347 e. The Hall–Kier alpha value is -2.78. The maximum absolute atomic E-state index is 13.1. The lowest BCUT2D eigenvalue weighted by Gasteiger charge is -2.31. The molecule has 7 nitrogen and oxygen atoms in total. The SMILES string of the molecule is CN(Cc1ccccc1)C(=O)CNC(=O)[C@H]1CCCN(S(=O)(=O)c2ccc(F)cc2)C1. The number of piperidine rings is 1. The van der Waals surface area contributed by atoms with Crippen molar-refractivity contribution in [1.29, 1.82) is 0 Å². The Morgan fingerprint density at radius 1 is 1.13 bits per heavy atom. The van der Waals surface area contributed by atoms with E-state index in [1.165, 1.54) is 21.3 Å². The van der Waals surface area contributed by atoms with Crippen LogP contribution in [-0.4, -0.2) is 56.1 Å². The number of carbonyl (C=O) groups excluding carboxylic acids is 2. The first kappa shape index (κ1) is 22.9. The number of sulfonamides is 1. The van der Waals surface area contributed by atoms with E-state index in [4.69, 9.17) is 0 Å². The Morgan fingerprint density at radius 2 is 1.81 bits per heavy atom. The number of halogens is 1. The number of nitrogens with zero attached hydrogens (tertiary/aromatic N) is 2. The third-order valence-corrected chi connectivity index (χ3v) is 7.19. The van der Waals surface area contributed by atoms with Crippen molar-refractivity contribution >= 4 is 21.8 Å². The van der Waals surface area contributed by atoms with Crippen LogP contribution < -0.4 is 5.32 Å². The highest BCUT2D eigenvalue weighted by Gasteiger charge is 2.33. The van der Waals surface area contributed by atoms with E-state index in [1.54, 1.807) is 7.05 Å². The summed E-state index contributed by atoms with van der Waals surface area (Å²) in [6.07, 6.45) is 1.07. The maximum atomic E-state index is 13.1. The van der Waals surface area contributed by atoms with E-state index in [-0.39, 0.29) is 29.8 Å². The number of hydrogen-bond acceptors (Lipinski definition) is 4. The van der Waals surface area contributed by atoms with Gasteiger partial charge >= 0.3 is 0 Å². The van der Waals surface area contributed by atoms with Gasteiger partial charge in [0.15, 0.2) is 0 Å². The van der Waals surface area contributed by atoms with Gasteiger partial charge in [0.1, 0.15) is 5.82 Å². The van der Waals surface area contributed by atoms with Crippen LogP contribution in [0, 0.1) is 11.7 Å². The second kappa shape index (κ2) is 10.0. The maximum Gasteiger partial charge on any atom is 0.243 e. The molecule has 1 atom stereocenters. The van der Waals surface area contributed by atoms with Crippen molar-refractivity contribution in [2.24, 2.45) is 5.92 Å². The van der Waals surface area contributed by atoms with E-state index in [2.05, 4.69) is 5.32 Å². The van der Waals surface area contributed by atoms with Gasteiger partial charge in [0, 0.05) is 26.7 Å². The number of carbonyl (C=O) groups is 2. The Balaban J connectivity index is 1.54. The largest absolute Gasteiger partial charge is 0.347 e. The van der Waals surface area contributed by atoms with Gasteiger partial charge in [-0.2, -0.15) is 4.31 Å². The molecule has 166 valence electrons. The topological polar surface area (TPSA) is 86.8 Å². The highest BCUT2D eigenvalue weighted by atomic mass is 32.2. The lowest BCUT2D eigenvalue weighted by Crippen LogP contribution is -2.47. The Bertz CT molecular complexity index is 1010. The molecule has 1 aliphatic rings. The molecule has 3 rings (SSSR count). The molecule has 31 heavy (non-hydrogen) atoms. The number of rotatable bonds is 7. The summed E-state index contributed by atoms with van der Waals surface area (Å²) < 4.78 is 40.0. The van der Waals surface area contributed by atoms with Gasteiger partial charge in [-0.25, -0.2) is 12.8 Å².